The van der Waals surface area contributed by atoms with Crippen LogP contribution in [0.3, 0.4) is 0 Å². The molecule has 4 unspecified atom stereocenters. The van der Waals surface area contributed by atoms with Crippen molar-refractivity contribution < 1.29 is 29.1 Å². The molecule has 0 saturated carbocycles. The van der Waals surface area contributed by atoms with Crippen molar-refractivity contribution in [3.05, 3.63) is 71.9 Å². The van der Waals surface area contributed by atoms with Crippen LogP contribution in [-0.2, 0) is 36.8 Å². The molecule has 0 saturated heterocycles. The number of fused-ring (bicyclic) bond motifs is 1. The second-order valence-electron chi connectivity index (χ2n) is 11.0. The van der Waals surface area contributed by atoms with Gasteiger partial charge in [0.2, 0.25) is 23.6 Å². The van der Waals surface area contributed by atoms with Gasteiger partial charge in [-0.1, -0.05) is 62.4 Å². The third-order valence-electron chi connectivity index (χ3n) is 7.00. The number of carbonyl (C=O) groups is 5. The van der Waals surface area contributed by atoms with E-state index in [9.17, 15) is 29.1 Å². The van der Waals surface area contributed by atoms with E-state index in [1.165, 1.54) is 0 Å². The number of rotatable bonds is 16. The molecule has 0 aliphatic carbocycles. The number of carboxylic acid groups (broad SMARTS) is 1. The van der Waals surface area contributed by atoms with Crippen molar-refractivity contribution in [3.8, 4) is 0 Å². The molecule has 4 amide bonds. The maximum Gasteiger partial charge on any atom is 0.326 e. The summed E-state index contributed by atoms with van der Waals surface area (Å²) < 4.78 is 0. The molecule has 0 spiro atoms. The molecular weight excluding hydrogens is 552 g/mol. The van der Waals surface area contributed by atoms with Crippen molar-refractivity contribution in [2.75, 3.05) is 0 Å². The van der Waals surface area contributed by atoms with Crippen LogP contribution in [0.1, 0.15) is 44.2 Å². The number of aliphatic carboxylic acids is 1. The Morgan fingerprint density at radius 3 is 2.02 bits per heavy atom. The number of para-hydroxylation sites is 1. The van der Waals surface area contributed by atoms with E-state index in [1.807, 2.05) is 38.1 Å². The Labute approximate surface area is 250 Å². The van der Waals surface area contributed by atoms with Crippen molar-refractivity contribution in [2.45, 2.75) is 70.1 Å². The first-order valence-corrected chi connectivity index (χ1v) is 14.2. The van der Waals surface area contributed by atoms with Crippen molar-refractivity contribution in [3.63, 3.8) is 0 Å². The fraction of sp³-hybridized carbons (Fsp3) is 0.387. The second kappa shape index (κ2) is 15.5. The van der Waals surface area contributed by atoms with Gasteiger partial charge in [0.25, 0.3) is 0 Å². The van der Waals surface area contributed by atoms with Gasteiger partial charge in [-0.2, -0.15) is 0 Å². The number of hydrogen-bond donors (Lipinski definition) is 7. The first-order chi connectivity index (χ1) is 20.4. The average Bonchev–Trinajstić information content (AvgIpc) is 3.36. The average molecular weight is 593 g/mol. The van der Waals surface area contributed by atoms with E-state index in [2.05, 4.69) is 20.9 Å². The predicted molar refractivity (Wildman–Crippen MR) is 161 cm³/mol. The number of nitrogens with one attached hydrogen (secondary N) is 4. The molecule has 1 aromatic heterocycles. The van der Waals surface area contributed by atoms with E-state index >= 15 is 0 Å². The minimum atomic E-state index is -1.40. The Morgan fingerprint density at radius 1 is 0.814 bits per heavy atom. The van der Waals surface area contributed by atoms with Gasteiger partial charge in [-0.25, -0.2) is 4.79 Å². The predicted octanol–water partition coefficient (Wildman–Crippen LogP) is 1.13. The Bertz CT molecular complexity index is 1420. The van der Waals surface area contributed by atoms with Crippen LogP contribution in [0.15, 0.2) is 60.8 Å². The van der Waals surface area contributed by atoms with E-state index in [4.69, 9.17) is 11.5 Å². The molecule has 0 fully saturated rings. The highest BCUT2D eigenvalue weighted by Crippen LogP contribution is 2.19. The standard InChI is InChI=1S/C31H40N6O6/c1-18(2)14-22(32)28(39)36-26(16-20-17-34-23-11-7-6-10-21(20)23)30(41)37-25(15-19-8-4-3-5-9-19)29(40)35-24(31(42)43)12-13-27(33)38/h3-11,17-18,22,24-26,34H,12-16,32H2,1-2H3,(H2,33,38)(H,35,40)(H,36,39)(H,37,41)(H,42,43). The van der Waals surface area contributed by atoms with Crippen molar-refractivity contribution >= 4 is 40.5 Å². The van der Waals surface area contributed by atoms with Crippen LogP contribution in [0.4, 0.5) is 0 Å². The third-order valence-corrected chi connectivity index (χ3v) is 7.00. The van der Waals surface area contributed by atoms with Crippen LogP contribution in [-0.4, -0.2) is 63.9 Å². The number of nitrogens with two attached hydrogens (primary N) is 2. The molecule has 0 aliphatic rings. The molecule has 0 radical (unpaired) electrons. The molecule has 43 heavy (non-hydrogen) atoms. The zero-order valence-corrected chi connectivity index (χ0v) is 24.3. The summed E-state index contributed by atoms with van der Waals surface area (Å²) in [5.74, 6) is -3.81. The second-order valence-corrected chi connectivity index (χ2v) is 11.0. The number of aromatic nitrogens is 1. The first kappa shape index (κ1) is 32.8. The first-order valence-electron chi connectivity index (χ1n) is 14.2. The molecule has 12 nitrogen and oxygen atoms in total. The van der Waals surface area contributed by atoms with Crippen molar-refractivity contribution in [2.24, 2.45) is 17.4 Å². The van der Waals surface area contributed by atoms with E-state index in [1.54, 1.807) is 36.5 Å². The number of H-pyrrole nitrogens is 1. The molecule has 4 atom stereocenters. The fourth-order valence-electron chi connectivity index (χ4n) is 4.77. The lowest BCUT2D eigenvalue weighted by Crippen LogP contribution is -2.58. The molecule has 12 heteroatoms. The molecule has 1 heterocycles. The molecule has 0 bridgehead atoms. The molecule has 3 rings (SSSR count). The summed E-state index contributed by atoms with van der Waals surface area (Å²) in [5, 5.41) is 18.4. The van der Waals surface area contributed by atoms with Crippen LogP contribution < -0.4 is 27.4 Å². The lowest BCUT2D eigenvalue weighted by Gasteiger charge is -2.25. The highest BCUT2D eigenvalue weighted by molar-refractivity contribution is 5.95. The van der Waals surface area contributed by atoms with Gasteiger partial charge in [-0.05, 0) is 36.0 Å². The van der Waals surface area contributed by atoms with E-state index in [0.717, 1.165) is 16.5 Å². The van der Waals surface area contributed by atoms with Crippen LogP contribution in [0, 0.1) is 5.92 Å². The molecule has 230 valence electrons. The number of amides is 4. The van der Waals surface area contributed by atoms with Gasteiger partial charge in [-0.15, -0.1) is 0 Å². The van der Waals surface area contributed by atoms with E-state index in [-0.39, 0.29) is 31.6 Å². The Hall–Kier alpha value is -4.71. The SMILES string of the molecule is CC(C)CC(N)C(=O)NC(Cc1c[nH]c2ccccc12)C(=O)NC(Cc1ccccc1)C(=O)NC(CCC(N)=O)C(=O)O. The molecule has 9 N–H and O–H groups in total. The minimum absolute atomic E-state index is 0.0428. The quantitative estimate of drug-likeness (QED) is 0.129. The molecule has 0 aliphatic heterocycles. The van der Waals surface area contributed by atoms with Gasteiger partial charge >= 0.3 is 5.97 Å². The number of hydrogen-bond acceptors (Lipinski definition) is 6. The van der Waals surface area contributed by atoms with E-state index in [0.29, 0.717) is 12.0 Å². The molecule has 3 aromatic rings. The zero-order chi connectivity index (χ0) is 31.5. The highest BCUT2D eigenvalue weighted by Gasteiger charge is 2.31. The normalized spacial score (nSPS) is 14.0. The maximum absolute atomic E-state index is 13.8. The van der Waals surface area contributed by atoms with Gasteiger partial charge in [0, 0.05) is 36.4 Å². The summed E-state index contributed by atoms with van der Waals surface area (Å²) >= 11 is 0. The smallest absolute Gasteiger partial charge is 0.326 e. The Morgan fingerprint density at radius 2 is 1.40 bits per heavy atom. The summed E-state index contributed by atoms with van der Waals surface area (Å²) in [6.45, 7) is 3.87. The van der Waals surface area contributed by atoms with Gasteiger partial charge in [0.1, 0.15) is 18.1 Å². The van der Waals surface area contributed by atoms with Gasteiger partial charge in [0.05, 0.1) is 6.04 Å². The molecule has 2 aromatic carbocycles. The van der Waals surface area contributed by atoms with Crippen molar-refractivity contribution in [1.82, 2.24) is 20.9 Å². The number of benzene rings is 2. The van der Waals surface area contributed by atoms with Gasteiger partial charge < -0.3 is 37.5 Å². The van der Waals surface area contributed by atoms with Crippen molar-refractivity contribution in [1.29, 1.82) is 0 Å². The van der Waals surface area contributed by atoms with Crippen LogP contribution in [0.25, 0.3) is 10.9 Å². The number of aromatic amines is 1. The summed E-state index contributed by atoms with van der Waals surface area (Å²) in [6, 6.07) is 11.9. The van der Waals surface area contributed by atoms with E-state index < -0.39 is 53.8 Å². The topological polar surface area (TPSA) is 209 Å². The van der Waals surface area contributed by atoms with Crippen LogP contribution >= 0.6 is 0 Å². The lowest BCUT2D eigenvalue weighted by molar-refractivity contribution is -0.142. The number of primary amides is 1. The van der Waals surface area contributed by atoms with Crippen LogP contribution in [0.2, 0.25) is 0 Å². The Balaban J connectivity index is 1.88. The fourth-order valence-corrected chi connectivity index (χ4v) is 4.77. The number of carboxylic acids is 1. The monoisotopic (exact) mass is 592 g/mol. The highest BCUT2D eigenvalue weighted by atomic mass is 16.4. The molecular formula is C31H40N6O6. The van der Waals surface area contributed by atoms with Crippen LogP contribution in [0.5, 0.6) is 0 Å². The summed E-state index contributed by atoms with van der Waals surface area (Å²) in [5.41, 5.74) is 13.6. The van der Waals surface area contributed by atoms with Gasteiger partial charge in [-0.3, -0.25) is 19.2 Å². The van der Waals surface area contributed by atoms with Gasteiger partial charge in [0.15, 0.2) is 0 Å². The summed E-state index contributed by atoms with van der Waals surface area (Å²) in [4.78, 5) is 66.4. The third kappa shape index (κ3) is 9.96. The number of carbonyl (C=O) groups excluding carboxylic acids is 4. The lowest BCUT2D eigenvalue weighted by atomic mass is 10.00. The summed E-state index contributed by atoms with van der Waals surface area (Å²) in [6.07, 6.45) is 1.86. The summed E-state index contributed by atoms with van der Waals surface area (Å²) in [7, 11) is 0. The zero-order valence-electron chi connectivity index (χ0n) is 24.3. The largest absolute Gasteiger partial charge is 0.480 e. The maximum atomic E-state index is 13.8. The Kier molecular flexibility index (Phi) is 11.8. The minimum Gasteiger partial charge on any atom is -0.480 e.